The lowest BCUT2D eigenvalue weighted by Crippen LogP contribution is -2.18. The summed E-state index contributed by atoms with van der Waals surface area (Å²) < 4.78 is 2.86. The van der Waals surface area contributed by atoms with Gasteiger partial charge in [-0.25, -0.2) is 0 Å². The van der Waals surface area contributed by atoms with Crippen LogP contribution in [0.2, 0.25) is 0 Å². The van der Waals surface area contributed by atoms with Crippen molar-refractivity contribution in [3.63, 3.8) is 0 Å². The van der Waals surface area contributed by atoms with Gasteiger partial charge in [0, 0.05) is 18.1 Å². The van der Waals surface area contributed by atoms with E-state index in [1.807, 2.05) is 28.9 Å². The first-order valence-corrected chi connectivity index (χ1v) is 7.32. The van der Waals surface area contributed by atoms with Crippen LogP contribution in [0.25, 0.3) is 10.9 Å². The van der Waals surface area contributed by atoms with Gasteiger partial charge in [0.2, 0.25) is 0 Å². The lowest BCUT2D eigenvalue weighted by molar-refractivity contribution is 0.600. The second-order valence-corrected chi connectivity index (χ2v) is 5.44. The van der Waals surface area contributed by atoms with Crippen molar-refractivity contribution >= 4 is 26.8 Å². The molecule has 0 radical (unpaired) electrons. The third-order valence-electron chi connectivity index (χ3n) is 3.44. The first-order valence-electron chi connectivity index (χ1n) is 6.52. The summed E-state index contributed by atoms with van der Waals surface area (Å²) in [7, 11) is 0. The highest BCUT2D eigenvalue weighted by Crippen LogP contribution is 2.30. The molecule has 2 heterocycles. The molecule has 0 bridgehead atoms. The van der Waals surface area contributed by atoms with Gasteiger partial charge in [0.05, 0.1) is 27.9 Å². The normalized spacial score (nSPS) is 12.8. The maximum Gasteiger partial charge on any atom is 0.0741 e. The van der Waals surface area contributed by atoms with Gasteiger partial charge in [-0.15, -0.1) is 0 Å². The predicted molar refractivity (Wildman–Crippen MR) is 83.4 cm³/mol. The molecule has 1 atom stereocenters. The highest BCUT2D eigenvalue weighted by Gasteiger charge is 2.19. The summed E-state index contributed by atoms with van der Waals surface area (Å²) in [6.45, 7) is 2.85. The molecule has 1 unspecified atom stereocenters. The van der Waals surface area contributed by atoms with Crippen LogP contribution >= 0.6 is 15.9 Å². The van der Waals surface area contributed by atoms with Crippen LogP contribution in [-0.4, -0.2) is 14.8 Å². The van der Waals surface area contributed by atoms with E-state index >= 15 is 0 Å². The number of aryl methyl sites for hydroxylation is 1. The second-order valence-electron chi connectivity index (χ2n) is 4.59. The molecule has 4 nitrogen and oxygen atoms in total. The number of hydrogen-bond acceptors (Lipinski definition) is 3. The zero-order chi connectivity index (χ0) is 14.1. The zero-order valence-electron chi connectivity index (χ0n) is 11.1. The van der Waals surface area contributed by atoms with Gasteiger partial charge in [0.15, 0.2) is 0 Å². The minimum Gasteiger partial charge on any atom is -0.319 e. The standard InChI is InChI=1S/C15H15BrN4/c1-2-20-15(12(16)9-19-20)14(17)11-5-3-7-13-10(11)6-4-8-18-13/h3-9,14H,2,17H2,1H3. The Hall–Kier alpha value is -1.72. The smallest absolute Gasteiger partial charge is 0.0741 e. The summed E-state index contributed by atoms with van der Waals surface area (Å²) >= 11 is 3.54. The van der Waals surface area contributed by atoms with Crippen molar-refractivity contribution in [1.82, 2.24) is 14.8 Å². The van der Waals surface area contributed by atoms with E-state index in [2.05, 4.69) is 39.0 Å². The maximum atomic E-state index is 6.49. The molecular weight excluding hydrogens is 316 g/mol. The highest BCUT2D eigenvalue weighted by molar-refractivity contribution is 9.10. The SMILES string of the molecule is CCn1ncc(Br)c1C(N)c1cccc2ncccc12. The quantitative estimate of drug-likeness (QED) is 0.801. The van der Waals surface area contributed by atoms with E-state index in [4.69, 9.17) is 5.73 Å². The molecule has 2 aromatic heterocycles. The van der Waals surface area contributed by atoms with Crippen LogP contribution in [0.1, 0.15) is 24.2 Å². The average Bonchev–Trinajstić information content (AvgIpc) is 2.87. The van der Waals surface area contributed by atoms with Crippen LogP contribution in [0.5, 0.6) is 0 Å². The number of pyridine rings is 1. The van der Waals surface area contributed by atoms with E-state index in [0.29, 0.717) is 0 Å². The van der Waals surface area contributed by atoms with Crippen LogP contribution in [0.15, 0.2) is 47.2 Å². The number of aromatic nitrogens is 3. The Morgan fingerprint density at radius 2 is 2.15 bits per heavy atom. The molecule has 0 saturated heterocycles. The van der Waals surface area contributed by atoms with E-state index in [1.54, 1.807) is 12.4 Å². The molecule has 0 aliphatic heterocycles. The Labute approximate surface area is 125 Å². The Balaban J connectivity index is 2.17. The fourth-order valence-electron chi connectivity index (χ4n) is 2.48. The minimum absolute atomic E-state index is 0.236. The summed E-state index contributed by atoms with van der Waals surface area (Å²) in [4.78, 5) is 4.38. The van der Waals surface area contributed by atoms with Gasteiger partial charge in [-0.05, 0) is 40.5 Å². The van der Waals surface area contributed by atoms with Crippen LogP contribution in [-0.2, 0) is 6.54 Å². The lowest BCUT2D eigenvalue weighted by atomic mass is 9.99. The van der Waals surface area contributed by atoms with Crippen molar-refractivity contribution in [3.8, 4) is 0 Å². The van der Waals surface area contributed by atoms with E-state index in [1.165, 1.54) is 0 Å². The number of nitrogens with zero attached hydrogens (tertiary/aromatic N) is 3. The second kappa shape index (κ2) is 5.34. The van der Waals surface area contributed by atoms with Crippen LogP contribution in [0, 0.1) is 0 Å². The minimum atomic E-state index is -0.236. The molecule has 0 aliphatic rings. The molecular formula is C15H15BrN4. The molecule has 20 heavy (non-hydrogen) atoms. The van der Waals surface area contributed by atoms with Crippen molar-refractivity contribution < 1.29 is 0 Å². The summed E-state index contributed by atoms with van der Waals surface area (Å²) in [5.41, 5.74) is 9.49. The molecule has 102 valence electrons. The van der Waals surface area contributed by atoms with Crippen molar-refractivity contribution in [2.75, 3.05) is 0 Å². The third-order valence-corrected chi connectivity index (χ3v) is 4.05. The molecule has 0 spiro atoms. The molecule has 3 aromatic rings. The summed E-state index contributed by atoms with van der Waals surface area (Å²) in [6, 6.07) is 9.79. The molecule has 5 heteroatoms. The van der Waals surface area contributed by atoms with Crippen LogP contribution in [0.3, 0.4) is 0 Å². The van der Waals surface area contributed by atoms with Gasteiger partial charge in [-0.1, -0.05) is 18.2 Å². The van der Waals surface area contributed by atoms with Crippen molar-refractivity contribution in [2.45, 2.75) is 19.5 Å². The lowest BCUT2D eigenvalue weighted by Gasteiger charge is -2.16. The van der Waals surface area contributed by atoms with Gasteiger partial charge in [0.1, 0.15) is 0 Å². The Morgan fingerprint density at radius 1 is 1.30 bits per heavy atom. The summed E-state index contributed by atoms with van der Waals surface area (Å²) in [6.07, 6.45) is 3.59. The number of rotatable bonds is 3. The number of halogens is 1. The van der Waals surface area contributed by atoms with E-state index < -0.39 is 0 Å². The molecule has 0 fully saturated rings. The first kappa shape index (κ1) is 13.3. The molecule has 2 N–H and O–H groups in total. The average molecular weight is 331 g/mol. The Morgan fingerprint density at radius 3 is 2.95 bits per heavy atom. The predicted octanol–water partition coefficient (Wildman–Crippen LogP) is 3.26. The number of fused-ring (bicyclic) bond motifs is 1. The molecule has 0 saturated carbocycles. The summed E-state index contributed by atoms with van der Waals surface area (Å²) in [5, 5.41) is 5.42. The first-order chi connectivity index (χ1) is 9.72. The topological polar surface area (TPSA) is 56.7 Å². The molecule has 0 amide bonds. The fourth-order valence-corrected chi connectivity index (χ4v) is 3.02. The maximum absolute atomic E-state index is 6.49. The summed E-state index contributed by atoms with van der Waals surface area (Å²) in [5.74, 6) is 0. The van der Waals surface area contributed by atoms with Crippen LogP contribution < -0.4 is 5.73 Å². The van der Waals surface area contributed by atoms with Gasteiger partial charge >= 0.3 is 0 Å². The van der Waals surface area contributed by atoms with Gasteiger partial charge in [-0.3, -0.25) is 9.67 Å². The van der Waals surface area contributed by atoms with Gasteiger partial charge < -0.3 is 5.73 Å². The van der Waals surface area contributed by atoms with Crippen molar-refractivity contribution in [3.05, 3.63) is 58.5 Å². The van der Waals surface area contributed by atoms with Crippen LogP contribution in [0.4, 0.5) is 0 Å². The van der Waals surface area contributed by atoms with E-state index in [0.717, 1.165) is 33.2 Å². The zero-order valence-corrected chi connectivity index (χ0v) is 12.7. The Bertz CT molecular complexity index is 745. The number of benzene rings is 1. The molecule has 0 aliphatic carbocycles. The highest BCUT2D eigenvalue weighted by atomic mass is 79.9. The van der Waals surface area contributed by atoms with Crippen molar-refractivity contribution in [1.29, 1.82) is 0 Å². The largest absolute Gasteiger partial charge is 0.319 e. The Kier molecular flexibility index (Phi) is 3.54. The molecule has 3 rings (SSSR count). The monoisotopic (exact) mass is 330 g/mol. The fraction of sp³-hybridized carbons (Fsp3) is 0.200. The third kappa shape index (κ3) is 2.13. The van der Waals surface area contributed by atoms with Crippen molar-refractivity contribution in [2.24, 2.45) is 5.73 Å². The number of nitrogens with two attached hydrogens (primary N) is 1. The number of hydrogen-bond donors (Lipinski definition) is 1. The van der Waals surface area contributed by atoms with E-state index in [9.17, 15) is 0 Å². The molecule has 1 aromatic carbocycles. The van der Waals surface area contributed by atoms with Gasteiger partial charge in [-0.2, -0.15) is 5.10 Å². The van der Waals surface area contributed by atoms with Gasteiger partial charge in [0.25, 0.3) is 0 Å². The van der Waals surface area contributed by atoms with E-state index in [-0.39, 0.29) is 6.04 Å².